The summed E-state index contributed by atoms with van der Waals surface area (Å²) in [6, 6.07) is 1.37. The van der Waals surface area contributed by atoms with E-state index in [-0.39, 0.29) is 28.0 Å². The molecule has 0 amide bonds. The number of aliphatic carboxylic acids is 2. The summed E-state index contributed by atoms with van der Waals surface area (Å²) in [6.45, 7) is -1.47. The van der Waals surface area contributed by atoms with Crippen LogP contribution in [0.25, 0.3) is 11.2 Å². The van der Waals surface area contributed by atoms with E-state index in [4.69, 9.17) is 33.2 Å². The summed E-state index contributed by atoms with van der Waals surface area (Å²) in [7, 11) is 0. The number of carboxylic acids is 2. The second kappa shape index (κ2) is 8.45. The van der Waals surface area contributed by atoms with Crippen LogP contribution in [0.5, 0.6) is 0 Å². The largest absolute Gasteiger partial charge is 0.479 e. The second-order valence-corrected chi connectivity index (χ2v) is 8.04. The summed E-state index contributed by atoms with van der Waals surface area (Å²) >= 11 is 5.86. The van der Waals surface area contributed by atoms with E-state index in [9.17, 15) is 30.0 Å². The molecule has 16 heteroatoms. The number of aliphatic hydroxyl groups is 2. The van der Waals surface area contributed by atoms with Crippen molar-refractivity contribution in [3.05, 3.63) is 29.6 Å². The first-order valence-corrected chi connectivity index (χ1v) is 10.2. The number of nitrogen functional groups attached to an aromatic ring is 1. The van der Waals surface area contributed by atoms with Gasteiger partial charge in [0.25, 0.3) is 5.60 Å². The number of aromatic nitrogens is 6. The highest BCUT2D eigenvalue weighted by atomic mass is 35.5. The maximum absolute atomic E-state index is 12.0. The Morgan fingerprint density at radius 1 is 1.40 bits per heavy atom. The summed E-state index contributed by atoms with van der Waals surface area (Å²) < 4.78 is 11.8. The predicted molar refractivity (Wildman–Crippen MR) is 115 cm³/mol. The van der Waals surface area contributed by atoms with Crippen LogP contribution < -0.4 is 5.73 Å². The molecular formula is C19H18ClN7O8. The molecule has 0 spiro atoms. The maximum atomic E-state index is 12.0. The number of nitrogens with zero attached hydrogens (tertiary/aromatic N) is 5. The van der Waals surface area contributed by atoms with Gasteiger partial charge in [0.15, 0.2) is 11.5 Å². The fourth-order valence-corrected chi connectivity index (χ4v) is 3.96. The molecule has 0 radical (unpaired) electrons. The smallest absolute Gasteiger partial charge is 0.348 e. The molecule has 0 aliphatic carbocycles. The molecule has 35 heavy (non-hydrogen) atoms. The number of H-pyrrole nitrogens is 1. The van der Waals surface area contributed by atoms with Crippen LogP contribution in [-0.2, 0) is 31.2 Å². The summed E-state index contributed by atoms with van der Waals surface area (Å²) in [5.41, 5.74) is -1.85. The van der Waals surface area contributed by atoms with Crippen molar-refractivity contribution in [1.29, 1.82) is 0 Å². The lowest BCUT2D eigenvalue weighted by Gasteiger charge is -2.36. The van der Waals surface area contributed by atoms with E-state index >= 15 is 0 Å². The summed E-state index contributed by atoms with van der Waals surface area (Å²) in [4.78, 5) is 35.7. The van der Waals surface area contributed by atoms with Crippen molar-refractivity contribution in [2.24, 2.45) is 0 Å². The number of nitrogens with one attached hydrogen (secondary N) is 1. The van der Waals surface area contributed by atoms with E-state index in [1.54, 1.807) is 0 Å². The lowest BCUT2D eigenvalue weighted by molar-refractivity contribution is -0.193. The van der Waals surface area contributed by atoms with Crippen molar-refractivity contribution in [2.45, 2.75) is 29.5 Å². The van der Waals surface area contributed by atoms with Crippen LogP contribution in [0.3, 0.4) is 0 Å². The standard InChI is InChI=1S/C19H18ClN7O8/c1-2-18(32)10(6-35-17(14(28)29,15(30)31)5-9-3-4-23-26-9)34-7-19(18,33)27-8-22-11-12(21)24-16(20)25-13(11)27/h1,3-4,8,10,32-33H,5-7H2,(H,23,26)(H,28,29)(H,30,31)(H2,21,24,25)/t10-,18-,19-/m1/s1. The first kappa shape index (κ1) is 24.3. The van der Waals surface area contributed by atoms with Crippen molar-refractivity contribution in [3.63, 3.8) is 0 Å². The maximum Gasteiger partial charge on any atom is 0.348 e. The molecule has 1 aliphatic heterocycles. The number of carbonyl (C=O) groups is 2. The zero-order valence-electron chi connectivity index (χ0n) is 17.6. The van der Waals surface area contributed by atoms with Crippen LogP contribution in [0, 0.1) is 12.3 Å². The van der Waals surface area contributed by atoms with Crippen molar-refractivity contribution in [2.75, 3.05) is 18.9 Å². The molecule has 15 nitrogen and oxygen atoms in total. The average molecular weight is 508 g/mol. The van der Waals surface area contributed by atoms with Crippen molar-refractivity contribution in [1.82, 2.24) is 29.7 Å². The van der Waals surface area contributed by atoms with Crippen molar-refractivity contribution >= 4 is 40.5 Å². The molecular weight excluding hydrogens is 490 g/mol. The first-order valence-electron chi connectivity index (χ1n) is 9.78. The number of aromatic amines is 1. The number of nitrogens with two attached hydrogens (primary N) is 1. The number of hydrogen-bond donors (Lipinski definition) is 6. The van der Waals surface area contributed by atoms with Crippen molar-refractivity contribution in [3.8, 4) is 12.3 Å². The van der Waals surface area contributed by atoms with Crippen LogP contribution >= 0.6 is 11.6 Å². The van der Waals surface area contributed by atoms with Gasteiger partial charge in [-0.2, -0.15) is 15.1 Å². The minimum Gasteiger partial charge on any atom is -0.479 e. The molecule has 4 rings (SSSR count). The number of hydrogen-bond acceptors (Lipinski definition) is 11. The zero-order chi connectivity index (χ0) is 25.6. The number of terminal acetylenes is 1. The average Bonchev–Trinajstić information content (AvgIpc) is 3.51. The molecule has 0 unspecified atom stereocenters. The molecule has 3 aromatic heterocycles. The summed E-state index contributed by atoms with van der Waals surface area (Å²) in [5, 5.41) is 48.0. The number of imidazole rings is 1. The Hall–Kier alpha value is -3.81. The first-order chi connectivity index (χ1) is 16.5. The van der Waals surface area contributed by atoms with E-state index in [1.165, 1.54) is 12.3 Å². The Morgan fingerprint density at radius 3 is 2.71 bits per heavy atom. The summed E-state index contributed by atoms with van der Waals surface area (Å²) in [6.07, 6.45) is 5.73. The number of halogens is 1. The molecule has 0 aromatic carbocycles. The topological polar surface area (TPSA) is 232 Å². The molecule has 1 aliphatic rings. The molecule has 3 atom stereocenters. The lowest BCUT2D eigenvalue weighted by atomic mass is 9.88. The number of anilines is 1. The Labute approximate surface area is 200 Å². The fraction of sp³-hybridized carbons (Fsp3) is 0.368. The fourth-order valence-electron chi connectivity index (χ4n) is 3.79. The van der Waals surface area contributed by atoms with E-state index in [2.05, 4.69) is 25.1 Å². The predicted octanol–water partition coefficient (Wildman–Crippen LogP) is -1.64. The molecule has 0 bridgehead atoms. The highest BCUT2D eigenvalue weighted by Gasteiger charge is 2.63. The van der Waals surface area contributed by atoms with Gasteiger partial charge in [0.05, 0.1) is 19.5 Å². The molecule has 1 fully saturated rings. The number of ether oxygens (including phenoxy) is 2. The summed E-state index contributed by atoms with van der Waals surface area (Å²) in [5.74, 6) is -1.70. The van der Waals surface area contributed by atoms with Crippen LogP contribution in [0.4, 0.5) is 5.82 Å². The van der Waals surface area contributed by atoms with Crippen LogP contribution in [0.15, 0.2) is 18.6 Å². The normalized spacial score (nSPS) is 24.5. The van der Waals surface area contributed by atoms with Crippen LogP contribution in [-0.4, -0.2) is 92.6 Å². The monoisotopic (exact) mass is 507 g/mol. The molecule has 7 N–H and O–H groups in total. The Bertz CT molecular complexity index is 1320. The SMILES string of the molecule is C#C[C@@]1(O)[C@@H](COC(Cc2ccn[nH]2)(C(=O)O)C(=O)O)OC[C@]1(O)n1cnc2c(N)nc(Cl)nc21. The third-order valence-corrected chi connectivity index (χ3v) is 5.92. The number of carboxylic acid groups (broad SMARTS) is 2. The van der Waals surface area contributed by atoms with Gasteiger partial charge in [0.2, 0.25) is 16.6 Å². The van der Waals surface area contributed by atoms with Crippen molar-refractivity contribution < 1.29 is 39.5 Å². The van der Waals surface area contributed by atoms with Gasteiger partial charge in [-0.3, -0.25) is 9.67 Å². The quantitative estimate of drug-likeness (QED) is 0.114. The minimum atomic E-state index is -2.79. The zero-order valence-corrected chi connectivity index (χ0v) is 18.4. The van der Waals surface area contributed by atoms with Gasteiger partial charge in [-0.25, -0.2) is 14.6 Å². The van der Waals surface area contributed by atoms with E-state index < -0.39 is 54.6 Å². The Morgan fingerprint density at radius 2 is 2.11 bits per heavy atom. The van der Waals surface area contributed by atoms with E-state index in [1.807, 2.05) is 5.92 Å². The number of fused-ring (bicyclic) bond motifs is 1. The van der Waals surface area contributed by atoms with Gasteiger partial charge >= 0.3 is 11.9 Å². The third-order valence-electron chi connectivity index (χ3n) is 5.75. The van der Waals surface area contributed by atoms with Gasteiger partial charge in [-0.1, -0.05) is 5.92 Å². The Balaban J connectivity index is 1.68. The van der Waals surface area contributed by atoms with Crippen LogP contribution in [0.2, 0.25) is 5.28 Å². The number of rotatable bonds is 8. The van der Waals surface area contributed by atoms with Gasteiger partial charge < -0.3 is 35.6 Å². The van der Waals surface area contributed by atoms with E-state index in [0.29, 0.717) is 0 Å². The Kier molecular flexibility index (Phi) is 5.87. The van der Waals surface area contributed by atoms with Gasteiger partial charge in [-0.15, -0.1) is 6.42 Å². The van der Waals surface area contributed by atoms with Gasteiger partial charge in [0.1, 0.15) is 11.6 Å². The molecule has 4 heterocycles. The molecule has 3 aromatic rings. The molecule has 0 saturated carbocycles. The van der Waals surface area contributed by atoms with E-state index in [0.717, 1.165) is 10.9 Å². The lowest BCUT2D eigenvalue weighted by Crippen LogP contribution is -2.59. The highest BCUT2D eigenvalue weighted by molar-refractivity contribution is 6.28. The second-order valence-electron chi connectivity index (χ2n) is 7.70. The highest BCUT2D eigenvalue weighted by Crippen LogP contribution is 2.41. The molecule has 1 saturated heterocycles. The van der Waals surface area contributed by atoms with Gasteiger partial charge in [0, 0.05) is 18.3 Å². The van der Waals surface area contributed by atoms with Crippen LogP contribution in [0.1, 0.15) is 5.69 Å². The molecule has 184 valence electrons. The minimum absolute atomic E-state index is 0.0530. The third kappa shape index (κ3) is 3.64. The van der Waals surface area contributed by atoms with Gasteiger partial charge in [-0.05, 0) is 17.7 Å².